The van der Waals surface area contributed by atoms with Crippen LogP contribution in [0.5, 0.6) is 0 Å². The Kier molecular flexibility index (Phi) is 3.10. The topological polar surface area (TPSA) is 60.3 Å². The number of para-hydroxylation sites is 1. The lowest BCUT2D eigenvalue weighted by Gasteiger charge is -2.09. The minimum absolute atomic E-state index is 0.374. The lowest BCUT2D eigenvalue weighted by molar-refractivity contribution is -0.575. The Bertz CT molecular complexity index is 761. The Balaban J connectivity index is 2.18. The third-order valence-electron chi connectivity index (χ3n) is 3.47. The predicted octanol–water partition coefficient (Wildman–Crippen LogP) is 3.30. The van der Waals surface area contributed by atoms with Crippen molar-refractivity contribution in [2.24, 2.45) is 5.92 Å². The number of hydrogen-bond acceptors (Lipinski definition) is 3. The van der Waals surface area contributed by atoms with Crippen molar-refractivity contribution in [1.82, 2.24) is 0 Å². The number of furan rings is 1. The molecule has 0 saturated carbocycles. The standard InChI is InChI=1S/C16H17NO3/c1-10(2)7-14(18)15-8-12-11-5-3-4-6-13(11)17(19)9-16(12)20-15/h3-6,8-10,14,18H,7H2,1-2H3. The van der Waals surface area contributed by atoms with E-state index in [9.17, 15) is 10.3 Å². The predicted molar refractivity (Wildman–Crippen MR) is 77.1 cm³/mol. The van der Waals surface area contributed by atoms with Gasteiger partial charge in [-0.1, -0.05) is 26.0 Å². The van der Waals surface area contributed by atoms with Crippen molar-refractivity contribution in [3.05, 3.63) is 47.5 Å². The van der Waals surface area contributed by atoms with Crippen LogP contribution in [0.25, 0.3) is 21.9 Å². The first-order chi connectivity index (χ1) is 9.56. The first kappa shape index (κ1) is 12.9. The van der Waals surface area contributed by atoms with Gasteiger partial charge in [0.25, 0.3) is 0 Å². The van der Waals surface area contributed by atoms with Crippen molar-refractivity contribution < 1.29 is 14.3 Å². The van der Waals surface area contributed by atoms with E-state index < -0.39 is 6.10 Å². The molecule has 3 aromatic rings. The van der Waals surface area contributed by atoms with E-state index in [0.717, 1.165) is 15.5 Å². The molecular weight excluding hydrogens is 254 g/mol. The van der Waals surface area contributed by atoms with Crippen molar-refractivity contribution in [1.29, 1.82) is 0 Å². The van der Waals surface area contributed by atoms with Gasteiger partial charge in [-0.3, -0.25) is 0 Å². The molecule has 2 aromatic heterocycles. The zero-order valence-corrected chi connectivity index (χ0v) is 11.5. The average Bonchev–Trinajstić information content (AvgIpc) is 2.82. The second-order valence-electron chi connectivity index (χ2n) is 5.54. The quantitative estimate of drug-likeness (QED) is 0.587. The van der Waals surface area contributed by atoms with E-state index in [-0.39, 0.29) is 0 Å². The molecule has 0 aliphatic carbocycles. The van der Waals surface area contributed by atoms with Crippen LogP contribution in [0.2, 0.25) is 0 Å². The first-order valence-corrected chi connectivity index (χ1v) is 6.78. The molecule has 4 nitrogen and oxygen atoms in total. The fourth-order valence-corrected chi connectivity index (χ4v) is 2.53. The first-order valence-electron chi connectivity index (χ1n) is 6.78. The number of nitrogens with zero attached hydrogens (tertiary/aromatic N) is 1. The highest BCUT2D eigenvalue weighted by molar-refractivity contribution is 6.02. The fourth-order valence-electron chi connectivity index (χ4n) is 2.53. The van der Waals surface area contributed by atoms with Gasteiger partial charge in [0.1, 0.15) is 11.9 Å². The summed E-state index contributed by atoms with van der Waals surface area (Å²) in [6.07, 6.45) is 1.42. The summed E-state index contributed by atoms with van der Waals surface area (Å²) in [6.45, 7) is 4.10. The molecule has 0 radical (unpaired) electrons. The summed E-state index contributed by atoms with van der Waals surface area (Å²) < 4.78 is 6.45. The molecule has 0 fully saturated rings. The molecule has 104 valence electrons. The second kappa shape index (κ2) is 4.80. The summed E-state index contributed by atoms with van der Waals surface area (Å²) in [6, 6.07) is 9.22. The number of rotatable bonds is 3. The Morgan fingerprint density at radius 1 is 1.25 bits per heavy atom. The summed E-state index contributed by atoms with van der Waals surface area (Å²) >= 11 is 0. The highest BCUT2D eigenvalue weighted by atomic mass is 16.5. The zero-order chi connectivity index (χ0) is 14.3. The van der Waals surface area contributed by atoms with Crippen LogP contribution in [-0.2, 0) is 0 Å². The highest BCUT2D eigenvalue weighted by Gasteiger charge is 2.18. The van der Waals surface area contributed by atoms with Gasteiger partial charge in [0, 0.05) is 11.5 Å². The number of aliphatic hydroxyl groups excluding tert-OH is 1. The molecule has 0 aliphatic heterocycles. The average molecular weight is 271 g/mol. The molecule has 4 heteroatoms. The fraction of sp³-hybridized carbons (Fsp3) is 0.312. The van der Waals surface area contributed by atoms with Gasteiger partial charge in [-0.15, -0.1) is 0 Å². The van der Waals surface area contributed by atoms with Crippen LogP contribution in [0.1, 0.15) is 32.1 Å². The van der Waals surface area contributed by atoms with E-state index in [2.05, 4.69) is 0 Å². The molecule has 1 N–H and O–H groups in total. The van der Waals surface area contributed by atoms with Gasteiger partial charge in [0.2, 0.25) is 11.7 Å². The zero-order valence-electron chi connectivity index (χ0n) is 11.5. The van der Waals surface area contributed by atoms with Gasteiger partial charge in [0.05, 0.1) is 5.39 Å². The maximum absolute atomic E-state index is 11.9. The van der Waals surface area contributed by atoms with E-state index in [1.807, 2.05) is 38.1 Å². The highest BCUT2D eigenvalue weighted by Crippen LogP contribution is 2.30. The third-order valence-corrected chi connectivity index (χ3v) is 3.47. The minimum Gasteiger partial charge on any atom is -0.618 e. The van der Waals surface area contributed by atoms with Crippen molar-refractivity contribution in [2.45, 2.75) is 26.4 Å². The normalized spacial score (nSPS) is 13.4. The molecule has 1 atom stereocenters. The molecule has 0 saturated heterocycles. The number of fused-ring (bicyclic) bond motifs is 3. The summed E-state index contributed by atoms with van der Waals surface area (Å²) in [4.78, 5) is 0. The SMILES string of the molecule is CC(C)CC(O)c1cc2c(c[n+]([O-])c3ccccc23)o1. The minimum atomic E-state index is -0.638. The van der Waals surface area contributed by atoms with Gasteiger partial charge >= 0.3 is 0 Å². The third kappa shape index (κ3) is 2.12. The summed E-state index contributed by atoms with van der Waals surface area (Å²) in [5, 5.41) is 23.8. The Morgan fingerprint density at radius 2 is 2.00 bits per heavy atom. The maximum Gasteiger partial charge on any atom is 0.224 e. The van der Waals surface area contributed by atoms with Gasteiger partial charge in [-0.05, 0) is 24.5 Å². The number of aromatic nitrogens is 1. The molecule has 0 aliphatic rings. The van der Waals surface area contributed by atoms with Crippen LogP contribution in [0.15, 0.2) is 40.9 Å². The van der Waals surface area contributed by atoms with E-state index in [1.165, 1.54) is 6.20 Å². The molecular formula is C16H17NO3. The van der Waals surface area contributed by atoms with Crippen LogP contribution in [-0.4, -0.2) is 5.11 Å². The molecule has 0 bridgehead atoms. The van der Waals surface area contributed by atoms with E-state index in [1.54, 1.807) is 6.07 Å². The largest absolute Gasteiger partial charge is 0.618 e. The molecule has 20 heavy (non-hydrogen) atoms. The van der Waals surface area contributed by atoms with Gasteiger partial charge in [0.15, 0.2) is 5.58 Å². The Hall–Kier alpha value is -2.07. The summed E-state index contributed by atoms with van der Waals surface area (Å²) in [5.74, 6) is 0.893. The monoisotopic (exact) mass is 271 g/mol. The van der Waals surface area contributed by atoms with Gasteiger partial charge in [-0.2, -0.15) is 4.73 Å². The van der Waals surface area contributed by atoms with E-state index >= 15 is 0 Å². The van der Waals surface area contributed by atoms with Crippen molar-refractivity contribution in [2.75, 3.05) is 0 Å². The van der Waals surface area contributed by atoms with Crippen LogP contribution in [0, 0.1) is 11.1 Å². The number of pyridine rings is 1. The van der Waals surface area contributed by atoms with E-state index in [4.69, 9.17) is 4.42 Å². The second-order valence-corrected chi connectivity index (χ2v) is 5.54. The van der Waals surface area contributed by atoms with Crippen LogP contribution < -0.4 is 4.73 Å². The Morgan fingerprint density at radius 3 is 2.75 bits per heavy atom. The van der Waals surface area contributed by atoms with Gasteiger partial charge < -0.3 is 14.7 Å². The number of benzene rings is 1. The molecule has 1 aromatic carbocycles. The van der Waals surface area contributed by atoms with Crippen molar-refractivity contribution >= 4 is 21.9 Å². The molecule has 1 unspecified atom stereocenters. The summed E-state index contributed by atoms with van der Waals surface area (Å²) in [7, 11) is 0. The molecule has 2 heterocycles. The Labute approximate surface area is 116 Å². The van der Waals surface area contributed by atoms with Crippen LogP contribution in [0.4, 0.5) is 0 Å². The van der Waals surface area contributed by atoms with Crippen molar-refractivity contribution in [3.8, 4) is 0 Å². The van der Waals surface area contributed by atoms with Gasteiger partial charge in [-0.25, -0.2) is 0 Å². The van der Waals surface area contributed by atoms with E-state index in [0.29, 0.717) is 29.2 Å². The maximum atomic E-state index is 11.9. The number of hydrogen-bond donors (Lipinski definition) is 1. The molecule has 0 spiro atoms. The summed E-state index contributed by atoms with van der Waals surface area (Å²) in [5.41, 5.74) is 1.11. The smallest absolute Gasteiger partial charge is 0.224 e. The van der Waals surface area contributed by atoms with Crippen LogP contribution >= 0.6 is 0 Å². The molecule has 0 amide bonds. The van der Waals surface area contributed by atoms with Crippen LogP contribution in [0.3, 0.4) is 0 Å². The lowest BCUT2D eigenvalue weighted by atomic mass is 10.0. The number of aliphatic hydroxyl groups is 1. The lowest BCUT2D eigenvalue weighted by Crippen LogP contribution is -2.25. The van der Waals surface area contributed by atoms with Crippen molar-refractivity contribution in [3.63, 3.8) is 0 Å². The molecule has 3 rings (SSSR count).